The summed E-state index contributed by atoms with van der Waals surface area (Å²) in [6.45, 7) is 1.89. The molecule has 78 valence electrons. The van der Waals surface area contributed by atoms with Crippen molar-refractivity contribution in [2.45, 2.75) is 13.0 Å². The van der Waals surface area contributed by atoms with Gasteiger partial charge in [-0.25, -0.2) is 4.79 Å². The molecule has 3 N–H and O–H groups in total. The highest BCUT2D eigenvalue weighted by atomic mass is 16.4. The zero-order chi connectivity index (χ0) is 11.4. The minimum absolute atomic E-state index is 0.0394. The predicted octanol–water partition coefficient (Wildman–Crippen LogP) is 0.622. The van der Waals surface area contributed by atoms with Crippen molar-refractivity contribution in [3.8, 4) is 0 Å². The fraction of sp³-hybridized carbons (Fsp3) is 0.182. The second-order valence-corrected chi connectivity index (χ2v) is 3.20. The molecule has 0 radical (unpaired) electrons. The van der Waals surface area contributed by atoms with Gasteiger partial charge in [0.1, 0.15) is 12.0 Å². The number of rotatable bonds is 3. The zero-order valence-corrected chi connectivity index (χ0v) is 8.23. The van der Waals surface area contributed by atoms with Crippen molar-refractivity contribution in [3.63, 3.8) is 0 Å². The lowest BCUT2D eigenvalue weighted by Gasteiger charge is -2.08. The molecule has 0 fully saturated rings. The van der Waals surface area contributed by atoms with E-state index in [0.29, 0.717) is 5.56 Å². The molecule has 0 aliphatic rings. The van der Waals surface area contributed by atoms with Crippen LogP contribution in [0, 0.1) is 6.92 Å². The number of carbonyl (C=O) groups excluding carboxylic acids is 1. The second kappa shape index (κ2) is 4.55. The largest absolute Gasteiger partial charge is 0.480 e. The molecule has 0 heterocycles. The van der Waals surface area contributed by atoms with E-state index >= 15 is 0 Å². The number of carbonyl (C=O) groups is 1. The average molecular weight is 205 g/mol. The van der Waals surface area contributed by atoms with Crippen molar-refractivity contribution in [3.05, 3.63) is 35.4 Å². The molecular weight excluding hydrogens is 194 g/mol. The van der Waals surface area contributed by atoms with E-state index in [9.17, 15) is 9.59 Å². The Bertz CT molecular complexity index is 416. The highest BCUT2D eigenvalue weighted by molar-refractivity contribution is 6.01. The Labute approximate surface area is 87.0 Å². The van der Waals surface area contributed by atoms with Crippen LogP contribution >= 0.6 is 0 Å². The van der Waals surface area contributed by atoms with Crippen LogP contribution in [0.15, 0.2) is 24.3 Å². The summed E-state index contributed by atoms with van der Waals surface area (Å²) in [5.41, 5.74) is 6.82. The Morgan fingerprint density at radius 2 is 1.93 bits per heavy atom. The molecule has 0 aliphatic carbocycles. The predicted molar refractivity (Wildman–Crippen MR) is 55.9 cm³/mol. The maximum Gasteiger partial charge on any atom is 0.325 e. The number of benzene rings is 1. The van der Waals surface area contributed by atoms with Gasteiger partial charge < -0.3 is 10.8 Å². The number of hydrogen-bond donors (Lipinski definition) is 2. The first-order valence-electron chi connectivity index (χ1n) is 4.36. The maximum atomic E-state index is 10.6. The summed E-state index contributed by atoms with van der Waals surface area (Å²) in [4.78, 5) is 21.2. The summed E-state index contributed by atoms with van der Waals surface area (Å²) >= 11 is 0. The molecule has 0 aliphatic heterocycles. The third kappa shape index (κ3) is 2.53. The Morgan fingerprint density at radius 1 is 1.40 bits per heavy atom. The van der Waals surface area contributed by atoms with Crippen molar-refractivity contribution >= 4 is 17.5 Å². The van der Waals surface area contributed by atoms with E-state index in [4.69, 9.17) is 10.8 Å². The van der Waals surface area contributed by atoms with Crippen LogP contribution in [-0.4, -0.2) is 23.1 Å². The van der Waals surface area contributed by atoms with E-state index in [1.165, 1.54) is 0 Å². The molecule has 4 heteroatoms. The third-order valence-electron chi connectivity index (χ3n) is 2.05. The molecule has 1 atom stereocenters. The summed E-state index contributed by atoms with van der Waals surface area (Å²) in [5, 5.41) is 8.67. The van der Waals surface area contributed by atoms with Gasteiger partial charge in [-0.05, 0) is 12.5 Å². The summed E-state index contributed by atoms with van der Waals surface area (Å²) in [6.07, 6.45) is 0. The SMILES string of the molecule is Cc1ccc(C(=C=O)C(N)C(=O)O)cc1. The first-order valence-corrected chi connectivity index (χ1v) is 4.36. The van der Waals surface area contributed by atoms with Gasteiger partial charge in [0.05, 0.1) is 5.57 Å². The molecule has 15 heavy (non-hydrogen) atoms. The van der Waals surface area contributed by atoms with E-state index in [1.54, 1.807) is 30.2 Å². The van der Waals surface area contributed by atoms with Gasteiger partial charge in [0.25, 0.3) is 0 Å². The molecule has 0 amide bonds. The van der Waals surface area contributed by atoms with Crippen LogP contribution < -0.4 is 5.73 Å². The summed E-state index contributed by atoms with van der Waals surface area (Å²) in [7, 11) is 0. The number of aryl methyl sites for hydroxylation is 1. The summed E-state index contributed by atoms with van der Waals surface area (Å²) < 4.78 is 0. The van der Waals surface area contributed by atoms with Crippen LogP contribution in [0.1, 0.15) is 11.1 Å². The van der Waals surface area contributed by atoms with Crippen molar-refractivity contribution in [1.82, 2.24) is 0 Å². The highest BCUT2D eigenvalue weighted by Crippen LogP contribution is 2.15. The maximum absolute atomic E-state index is 10.6. The van der Waals surface area contributed by atoms with Crippen molar-refractivity contribution < 1.29 is 14.7 Å². The van der Waals surface area contributed by atoms with Gasteiger partial charge in [-0.3, -0.25) is 4.79 Å². The minimum Gasteiger partial charge on any atom is -0.480 e. The summed E-state index contributed by atoms with van der Waals surface area (Å²) in [5.74, 6) is 0.338. The van der Waals surface area contributed by atoms with Crippen molar-refractivity contribution in [2.24, 2.45) is 5.73 Å². The Balaban J connectivity index is 3.10. The van der Waals surface area contributed by atoms with Gasteiger partial charge in [0.15, 0.2) is 0 Å². The lowest BCUT2D eigenvalue weighted by molar-refractivity contribution is -0.137. The fourth-order valence-electron chi connectivity index (χ4n) is 1.16. The van der Waals surface area contributed by atoms with Gasteiger partial charge in [-0.2, -0.15) is 0 Å². The van der Waals surface area contributed by atoms with Crippen molar-refractivity contribution in [2.75, 3.05) is 0 Å². The Hall–Kier alpha value is -1.90. The Kier molecular flexibility index (Phi) is 3.39. The van der Waals surface area contributed by atoms with E-state index in [0.717, 1.165) is 5.56 Å². The van der Waals surface area contributed by atoms with Gasteiger partial charge in [-0.1, -0.05) is 29.8 Å². The Morgan fingerprint density at radius 3 is 2.33 bits per heavy atom. The normalized spacial score (nSPS) is 11.6. The molecule has 0 spiro atoms. The standard InChI is InChI=1S/C11H11NO3/c1-7-2-4-8(5-3-7)9(6-13)10(12)11(14)15/h2-5,10H,12H2,1H3,(H,14,15). The van der Waals surface area contributed by atoms with Crippen LogP contribution in [0.5, 0.6) is 0 Å². The lowest BCUT2D eigenvalue weighted by Crippen LogP contribution is -2.31. The third-order valence-corrected chi connectivity index (χ3v) is 2.05. The zero-order valence-electron chi connectivity index (χ0n) is 8.23. The molecule has 0 saturated carbocycles. The molecule has 1 aromatic carbocycles. The van der Waals surface area contributed by atoms with E-state index < -0.39 is 12.0 Å². The molecule has 4 nitrogen and oxygen atoms in total. The van der Waals surface area contributed by atoms with Gasteiger partial charge in [0.2, 0.25) is 0 Å². The second-order valence-electron chi connectivity index (χ2n) is 3.20. The van der Waals surface area contributed by atoms with E-state index in [2.05, 4.69) is 0 Å². The monoisotopic (exact) mass is 205 g/mol. The first kappa shape index (κ1) is 11.2. The van der Waals surface area contributed by atoms with Crippen LogP contribution in [0.3, 0.4) is 0 Å². The minimum atomic E-state index is -1.33. The van der Waals surface area contributed by atoms with Gasteiger partial charge in [0, 0.05) is 0 Å². The topological polar surface area (TPSA) is 80.4 Å². The molecule has 1 unspecified atom stereocenters. The number of carboxylic acid groups (broad SMARTS) is 1. The van der Waals surface area contributed by atoms with Crippen LogP contribution in [0.4, 0.5) is 0 Å². The number of carboxylic acids is 1. The fourth-order valence-corrected chi connectivity index (χ4v) is 1.16. The van der Waals surface area contributed by atoms with E-state index in [1.807, 2.05) is 6.92 Å². The lowest BCUT2D eigenvalue weighted by atomic mass is 10.00. The van der Waals surface area contributed by atoms with E-state index in [-0.39, 0.29) is 5.57 Å². The molecule has 0 aromatic heterocycles. The molecule has 1 rings (SSSR count). The molecule has 0 bridgehead atoms. The van der Waals surface area contributed by atoms with Crippen molar-refractivity contribution in [1.29, 1.82) is 0 Å². The summed E-state index contributed by atoms with van der Waals surface area (Å²) in [6, 6.07) is 5.53. The van der Waals surface area contributed by atoms with Gasteiger partial charge in [-0.15, -0.1) is 0 Å². The molecule has 1 aromatic rings. The number of aliphatic carboxylic acids is 1. The van der Waals surface area contributed by atoms with Crippen LogP contribution in [0.2, 0.25) is 0 Å². The first-order chi connectivity index (χ1) is 7.06. The number of nitrogens with two attached hydrogens (primary N) is 1. The molecular formula is C11H11NO3. The van der Waals surface area contributed by atoms with Gasteiger partial charge >= 0.3 is 5.97 Å². The smallest absolute Gasteiger partial charge is 0.325 e. The quantitative estimate of drug-likeness (QED) is 0.709. The van der Waals surface area contributed by atoms with Crippen LogP contribution in [-0.2, 0) is 9.59 Å². The van der Waals surface area contributed by atoms with Crippen LogP contribution in [0.25, 0.3) is 5.57 Å². The highest BCUT2D eigenvalue weighted by Gasteiger charge is 2.19. The number of hydrogen-bond acceptors (Lipinski definition) is 3. The average Bonchev–Trinajstić information content (AvgIpc) is 2.21. The molecule has 0 saturated heterocycles.